The van der Waals surface area contributed by atoms with Gasteiger partial charge in [-0.1, -0.05) is 0 Å². The van der Waals surface area contributed by atoms with Crippen molar-refractivity contribution >= 4 is 11.3 Å². The molecule has 0 spiro atoms. The van der Waals surface area contributed by atoms with Crippen molar-refractivity contribution in [1.29, 1.82) is 0 Å². The van der Waals surface area contributed by atoms with Gasteiger partial charge < -0.3 is 10.1 Å². The van der Waals surface area contributed by atoms with E-state index < -0.39 is 0 Å². The zero-order valence-corrected chi connectivity index (χ0v) is 8.68. The fourth-order valence-electron chi connectivity index (χ4n) is 1.38. The number of anilines is 1. The third-order valence-electron chi connectivity index (χ3n) is 2.07. The van der Waals surface area contributed by atoms with Crippen molar-refractivity contribution in [2.75, 3.05) is 25.1 Å². The van der Waals surface area contributed by atoms with Gasteiger partial charge in [0.05, 0.1) is 12.8 Å². The maximum absolute atomic E-state index is 5.24. The minimum atomic E-state index is 0.688. The van der Waals surface area contributed by atoms with Crippen LogP contribution in [0.4, 0.5) is 5.82 Å². The monoisotopic (exact) mass is 206 g/mol. The van der Waals surface area contributed by atoms with Gasteiger partial charge in [0.15, 0.2) is 5.82 Å². The number of ether oxygens (including phenoxy) is 1. The standard InChI is InChI=1S/C10H14N4O/c1-2-15-8-6-12-10-9-3-4-13-14(9)7-5-11-10/h3-5,7H,2,6,8H2,1H3,(H,11,12). The minimum absolute atomic E-state index is 0.688. The Kier molecular flexibility index (Phi) is 3.14. The Hall–Kier alpha value is -1.62. The second-order valence-electron chi connectivity index (χ2n) is 3.06. The van der Waals surface area contributed by atoms with E-state index in [0.29, 0.717) is 6.61 Å². The highest BCUT2D eigenvalue weighted by molar-refractivity contribution is 5.66. The first-order chi connectivity index (χ1) is 7.42. The Morgan fingerprint density at radius 2 is 2.40 bits per heavy atom. The largest absolute Gasteiger partial charge is 0.380 e. The van der Waals surface area contributed by atoms with Crippen LogP contribution >= 0.6 is 0 Å². The number of fused-ring (bicyclic) bond motifs is 1. The molecule has 0 atom stereocenters. The molecule has 0 bridgehead atoms. The first-order valence-corrected chi connectivity index (χ1v) is 5.02. The molecule has 0 unspecified atom stereocenters. The van der Waals surface area contributed by atoms with Gasteiger partial charge in [-0.3, -0.25) is 0 Å². The Bertz CT molecular complexity index is 426. The number of nitrogens with one attached hydrogen (secondary N) is 1. The summed E-state index contributed by atoms with van der Waals surface area (Å²) in [6.45, 7) is 4.17. The van der Waals surface area contributed by atoms with Crippen LogP contribution < -0.4 is 5.32 Å². The second kappa shape index (κ2) is 4.75. The van der Waals surface area contributed by atoms with Gasteiger partial charge in [0.25, 0.3) is 0 Å². The zero-order chi connectivity index (χ0) is 10.5. The first kappa shape index (κ1) is 9.92. The predicted molar refractivity (Wildman–Crippen MR) is 58.0 cm³/mol. The molecular weight excluding hydrogens is 192 g/mol. The molecule has 1 N–H and O–H groups in total. The van der Waals surface area contributed by atoms with Gasteiger partial charge in [-0.2, -0.15) is 5.10 Å². The van der Waals surface area contributed by atoms with Crippen molar-refractivity contribution in [1.82, 2.24) is 14.6 Å². The van der Waals surface area contributed by atoms with E-state index in [9.17, 15) is 0 Å². The fraction of sp³-hybridized carbons (Fsp3) is 0.400. The lowest BCUT2D eigenvalue weighted by Crippen LogP contribution is -2.11. The molecule has 2 aromatic rings. The summed E-state index contributed by atoms with van der Waals surface area (Å²) in [7, 11) is 0. The van der Waals surface area contributed by atoms with E-state index in [1.54, 1.807) is 16.9 Å². The predicted octanol–water partition coefficient (Wildman–Crippen LogP) is 1.18. The molecule has 5 nitrogen and oxygen atoms in total. The second-order valence-corrected chi connectivity index (χ2v) is 3.06. The van der Waals surface area contributed by atoms with E-state index in [4.69, 9.17) is 4.74 Å². The lowest BCUT2D eigenvalue weighted by Gasteiger charge is -2.06. The third-order valence-corrected chi connectivity index (χ3v) is 2.07. The molecule has 80 valence electrons. The number of hydrogen-bond donors (Lipinski definition) is 1. The zero-order valence-electron chi connectivity index (χ0n) is 8.68. The molecule has 5 heteroatoms. The van der Waals surface area contributed by atoms with E-state index >= 15 is 0 Å². The van der Waals surface area contributed by atoms with Gasteiger partial charge in [0, 0.05) is 25.5 Å². The molecule has 15 heavy (non-hydrogen) atoms. The van der Waals surface area contributed by atoms with Gasteiger partial charge in [-0.05, 0) is 13.0 Å². The Morgan fingerprint density at radius 3 is 3.27 bits per heavy atom. The summed E-state index contributed by atoms with van der Waals surface area (Å²) in [6.07, 6.45) is 5.30. The molecule has 0 aliphatic carbocycles. The molecule has 0 aliphatic rings. The molecule has 0 radical (unpaired) electrons. The van der Waals surface area contributed by atoms with Crippen LogP contribution in [0.25, 0.3) is 5.52 Å². The van der Waals surface area contributed by atoms with Gasteiger partial charge in [0.1, 0.15) is 5.52 Å². The van der Waals surface area contributed by atoms with Gasteiger partial charge >= 0.3 is 0 Å². The molecule has 0 fully saturated rings. The normalized spacial score (nSPS) is 10.7. The molecule has 0 aliphatic heterocycles. The van der Waals surface area contributed by atoms with Crippen LogP contribution in [0.15, 0.2) is 24.7 Å². The average molecular weight is 206 g/mol. The maximum Gasteiger partial charge on any atom is 0.152 e. The van der Waals surface area contributed by atoms with Crippen molar-refractivity contribution in [2.24, 2.45) is 0 Å². The van der Waals surface area contributed by atoms with Crippen LogP contribution in [0.2, 0.25) is 0 Å². The Labute approximate surface area is 88.1 Å². The summed E-state index contributed by atoms with van der Waals surface area (Å²) < 4.78 is 7.02. The number of hydrogen-bond acceptors (Lipinski definition) is 4. The van der Waals surface area contributed by atoms with E-state index in [-0.39, 0.29) is 0 Å². The summed E-state index contributed by atoms with van der Waals surface area (Å²) in [6, 6.07) is 1.93. The highest BCUT2D eigenvalue weighted by atomic mass is 16.5. The van der Waals surface area contributed by atoms with Crippen LogP contribution in [0.1, 0.15) is 6.92 Å². The molecular formula is C10H14N4O. The molecule has 2 heterocycles. The van der Waals surface area contributed by atoms with Gasteiger partial charge in [-0.15, -0.1) is 0 Å². The van der Waals surface area contributed by atoms with E-state index in [2.05, 4.69) is 15.4 Å². The highest BCUT2D eigenvalue weighted by Gasteiger charge is 2.01. The van der Waals surface area contributed by atoms with Crippen molar-refractivity contribution < 1.29 is 4.74 Å². The molecule has 2 rings (SSSR count). The van der Waals surface area contributed by atoms with E-state index in [0.717, 1.165) is 24.5 Å². The topological polar surface area (TPSA) is 51.5 Å². The molecule has 0 saturated heterocycles. The van der Waals surface area contributed by atoms with Gasteiger partial charge in [0.2, 0.25) is 0 Å². The summed E-state index contributed by atoms with van der Waals surface area (Å²) in [5, 5.41) is 7.34. The Morgan fingerprint density at radius 1 is 1.47 bits per heavy atom. The minimum Gasteiger partial charge on any atom is -0.380 e. The van der Waals surface area contributed by atoms with Crippen molar-refractivity contribution in [3.8, 4) is 0 Å². The maximum atomic E-state index is 5.24. The van der Waals surface area contributed by atoms with Crippen molar-refractivity contribution in [3.63, 3.8) is 0 Å². The first-order valence-electron chi connectivity index (χ1n) is 5.02. The average Bonchev–Trinajstić information content (AvgIpc) is 2.73. The Balaban J connectivity index is 2.04. The SMILES string of the molecule is CCOCCNc1nccn2nccc12. The van der Waals surface area contributed by atoms with Crippen molar-refractivity contribution in [2.45, 2.75) is 6.92 Å². The van der Waals surface area contributed by atoms with E-state index in [1.807, 2.05) is 19.2 Å². The summed E-state index contributed by atoms with van der Waals surface area (Å²) in [5.74, 6) is 0.842. The number of nitrogens with zero attached hydrogens (tertiary/aromatic N) is 3. The quantitative estimate of drug-likeness (QED) is 0.746. The van der Waals surface area contributed by atoms with Crippen LogP contribution in [0, 0.1) is 0 Å². The lowest BCUT2D eigenvalue weighted by atomic mass is 10.4. The molecule has 0 aromatic carbocycles. The molecule has 0 saturated carbocycles. The summed E-state index contributed by atoms with van der Waals surface area (Å²) >= 11 is 0. The molecule has 2 aromatic heterocycles. The highest BCUT2D eigenvalue weighted by Crippen LogP contribution is 2.11. The lowest BCUT2D eigenvalue weighted by molar-refractivity contribution is 0.158. The van der Waals surface area contributed by atoms with Crippen LogP contribution in [0.5, 0.6) is 0 Å². The fourth-order valence-corrected chi connectivity index (χ4v) is 1.38. The smallest absolute Gasteiger partial charge is 0.152 e. The number of aromatic nitrogens is 3. The van der Waals surface area contributed by atoms with E-state index in [1.165, 1.54) is 0 Å². The van der Waals surface area contributed by atoms with Crippen LogP contribution in [-0.4, -0.2) is 34.4 Å². The van der Waals surface area contributed by atoms with Crippen LogP contribution in [0.3, 0.4) is 0 Å². The van der Waals surface area contributed by atoms with Crippen molar-refractivity contribution in [3.05, 3.63) is 24.7 Å². The molecule has 0 amide bonds. The van der Waals surface area contributed by atoms with Gasteiger partial charge in [-0.25, -0.2) is 9.50 Å². The van der Waals surface area contributed by atoms with Crippen LogP contribution in [-0.2, 0) is 4.74 Å². The number of rotatable bonds is 5. The summed E-state index contributed by atoms with van der Waals surface area (Å²) in [4.78, 5) is 4.25. The summed E-state index contributed by atoms with van der Waals surface area (Å²) in [5.41, 5.74) is 0.981. The third kappa shape index (κ3) is 2.24.